The average molecular weight is 234 g/mol. The van der Waals surface area contributed by atoms with E-state index in [-0.39, 0.29) is 5.92 Å². The van der Waals surface area contributed by atoms with Gasteiger partial charge >= 0.3 is 5.97 Å². The molecular weight excluding hydrogens is 215 g/mol. The number of halogens is 1. The van der Waals surface area contributed by atoms with Gasteiger partial charge in [-0.2, -0.15) is 0 Å². The molecule has 1 spiro atoms. The second-order valence-electron chi connectivity index (χ2n) is 3.78. The minimum atomic E-state index is -0.766. The number of carbonyl (C=O) groups excluding carboxylic acids is 1. The smallest absolute Gasteiger partial charge is 0.348 e. The lowest BCUT2D eigenvalue weighted by Gasteiger charge is -2.33. The molecule has 0 aromatic rings. The van der Waals surface area contributed by atoms with E-state index in [2.05, 4.69) is 4.94 Å². The number of ether oxygens (including phenoxy) is 2. The van der Waals surface area contributed by atoms with Crippen molar-refractivity contribution in [2.75, 3.05) is 13.2 Å². The van der Waals surface area contributed by atoms with Gasteiger partial charge in [0.05, 0.1) is 19.1 Å². The molecule has 2 fully saturated rings. The highest BCUT2D eigenvalue weighted by Crippen LogP contribution is 2.38. The molecule has 0 unspecified atom stereocenters. The van der Waals surface area contributed by atoms with Crippen LogP contribution in [0.4, 0.5) is 4.53 Å². The highest BCUT2D eigenvalue weighted by Gasteiger charge is 2.42. The zero-order valence-corrected chi connectivity index (χ0v) is 9.83. The van der Waals surface area contributed by atoms with Gasteiger partial charge in [0.1, 0.15) is 0 Å². The SMILES string of the molecule is CC.O=C(OF)C1CCC2(CC1)OCCO2. The molecule has 1 aliphatic carbocycles. The van der Waals surface area contributed by atoms with Crippen molar-refractivity contribution in [3.63, 3.8) is 0 Å². The maximum absolute atomic E-state index is 11.6. The van der Waals surface area contributed by atoms with E-state index in [9.17, 15) is 9.32 Å². The van der Waals surface area contributed by atoms with Crippen LogP contribution in [0.2, 0.25) is 0 Å². The Kier molecular flexibility index (Phi) is 5.15. The lowest BCUT2D eigenvalue weighted by Crippen LogP contribution is -2.37. The third kappa shape index (κ3) is 2.92. The van der Waals surface area contributed by atoms with Crippen LogP contribution in [0, 0.1) is 5.92 Å². The highest BCUT2D eigenvalue weighted by atomic mass is 19.3. The summed E-state index contributed by atoms with van der Waals surface area (Å²) in [6.07, 6.45) is 2.44. The summed E-state index contributed by atoms with van der Waals surface area (Å²) in [5.74, 6) is -1.59. The standard InChI is InChI=1S/C9H13FO4.C2H6/c10-14-8(11)7-1-3-9(4-2-7)12-5-6-13-9;1-2/h7H,1-6H2;1-2H3. The molecule has 0 bridgehead atoms. The van der Waals surface area contributed by atoms with Crippen LogP contribution in [0.25, 0.3) is 0 Å². The summed E-state index contributed by atoms with van der Waals surface area (Å²) in [5, 5.41) is 0. The molecule has 1 heterocycles. The second kappa shape index (κ2) is 6.15. The van der Waals surface area contributed by atoms with Crippen LogP contribution >= 0.6 is 0 Å². The van der Waals surface area contributed by atoms with E-state index >= 15 is 0 Å². The third-order valence-corrected chi connectivity index (χ3v) is 2.97. The van der Waals surface area contributed by atoms with Crippen LogP contribution in [-0.2, 0) is 19.2 Å². The first-order chi connectivity index (χ1) is 7.76. The zero-order valence-electron chi connectivity index (χ0n) is 9.83. The molecule has 0 N–H and O–H groups in total. The Bertz CT molecular complexity index is 216. The fourth-order valence-corrected chi connectivity index (χ4v) is 2.14. The van der Waals surface area contributed by atoms with Crippen molar-refractivity contribution in [1.29, 1.82) is 0 Å². The lowest BCUT2D eigenvalue weighted by atomic mass is 9.85. The monoisotopic (exact) mass is 234 g/mol. The molecule has 4 nitrogen and oxygen atoms in total. The zero-order chi connectivity index (χ0) is 12.0. The van der Waals surface area contributed by atoms with Crippen molar-refractivity contribution in [3.8, 4) is 0 Å². The predicted octanol–water partition coefficient (Wildman–Crippen LogP) is 2.37. The number of hydrogen-bond donors (Lipinski definition) is 0. The predicted molar refractivity (Wildman–Crippen MR) is 55.1 cm³/mol. The van der Waals surface area contributed by atoms with E-state index in [0.717, 1.165) is 0 Å². The van der Waals surface area contributed by atoms with E-state index in [1.807, 2.05) is 13.8 Å². The highest BCUT2D eigenvalue weighted by molar-refractivity contribution is 5.71. The van der Waals surface area contributed by atoms with Crippen molar-refractivity contribution in [2.45, 2.75) is 45.3 Å². The minimum Gasteiger partial charge on any atom is -0.348 e. The fourth-order valence-electron chi connectivity index (χ4n) is 2.14. The average Bonchev–Trinajstić information content (AvgIpc) is 2.80. The molecule has 2 aliphatic rings. The maximum Gasteiger partial charge on any atom is 0.351 e. The third-order valence-electron chi connectivity index (χ3n) is 2.97. The van der Waals surface area contributed by atoms with Crippen molar-refractivity contribution >= 4 is 5.97 Å². The van der Waals surface area contributed by atoms with Gasteiger partial charge in [0.2, 0.25) is 0 Å². The Morgan fingerprint density at radius 3 is 2.19 bits per heavy atom. The van der Waals surface area contributed by atoms with Crippen LogP contribution in [0.15, 0.2) is 0 Å². The second-order valence-corrected chi connectivity index (χ2v) is 3.78. The Hall–Kier alpha value is -0.680. The van der Waals surface area contributed by atoms with E-state index in [1.165, 1.54) is 0 Å². The van der Waals surface area contributed by atoms with Gasteiger partial charge in [0, 0.05) is 17.4 Å². The molecule has 1 saturated carbocycles. The van der Waals surface area contributed by atoms with Crippen LogP contribution in [0.5, 0.6) is 0 Å². The largest absolute Gasteiger partial charge is 0.351 e. The Labute approximate surface area is 95.0 Å². The topological polar surface area (TPSA) is 44.8 Å². The first-order valence-electron chi connectivity index (χ1n) is 5.86. The van der Waals surface area contributed by atoms with Gasteiger partial charge in [-0.25, -0.2) is 4.79 Å². The Morgan fingerprint density at radius 1 is 1.25 bits per heavy atom. The van der Waals surface area contributed by atoms with Crippen LogP contribution in [0.1, 0.15) is 39.5 Å². The Morgan fingerprint density at radius 2 is 1.75 bits per heavy atom. The molecule has 5 heteroatoms. The summed E-state index contributed by atoms with van der Waals surface area (Å²) in [4.78, 5) is 14.1. The number of hydrogen-bond acceptors (Lipinski definition) is 4. The molecule has 0 atom stereocenters. The van der Waals surface area contributed by atoms with Crippen molar-refractivity contribution < 1.29 is 23.7 Å². The summed E-state index contributed by atoms with van der Waals surface area (Å²) in [6, 6.07) is 0. The molecule has 2 rings (SSSR count). The summed E-state index contributed by atoms with van der Waals surface area (Å²) >= 11 is 0. The van der Waals surface area contributed by atoms with E-state index in [1.54, 1.807) is 0 Å². The van der Waals surface area contributed by atoms with Gasteiger partial charge < -0.3 is 9.47 Å². The summed E-state index contributed by atoms with van der Waals surface area (Å²) in [5.41, 5.74) is 0. The first kappa shape index (κ1) is 13.4. The molecule has 0 radical (unpaired) electrons. The molecule has 0 aromatic carbocycles. The quantitative estimate of drug-likeness (QED) is 0.698. The molecule has 16 heavy (non-hydrogen) atoms. The van der Waals surface area contributed by atoms with E-state index in [0.29, 0.717) is 38.9 Å². The minimum absolute atomic E-state index is 0.335. The van der Waals surface area contributed by atoms with Crippen LogP contribution in [-0.4, -0.2) is 25.0 Å². The van der Waals surface area contributed by atoms with Crippen molar-refractivity contribution in [3.05, 3.63) is 0 Å². The first-order valence-corrected chi connectivity index (χ1v) is 5.86. The molecule has 94 valence electrons. The molecular formula is C11H19FO4. The van der Waals surface area contributed by atoms with Crippen molar-refractivity contribution in [1.82, 2.24) is 0 Å². The summed E-state index contributed by atoms with van der Waals surface area (Å²) in [7, 11) is 0. The van der Waals surface area contributed by atoms with Gasteiger partial charge in [-0.05, 0) is 12.8 Å². The van der Waals surface area contributed by atoms with Gasteiger partial charge in [0.25, 0.3) is 0 Å². The molecule has 0 aromatic heterocycles. The summed E-state index contributed by atoms with van der Waals surface area (Å²) in [6.45, 7) is 5.22. The van der Waals surface area contributed by atoms with Crippen LogP contribution in [0.3, 0.4) is 0 Å². The fraction of sp³-hybridized carbons (Fsp3) is 0.909. The molecule has 0 amide bonds. The van der Waals surface area contributed by atoms with Gasteiger partial charge in [-0.15, -0.1) is 0 Å². The van der Waals surface area contributed by atoms with Crippen LogP contribution < -0.4 is 0 Å². The van der Waals surface area contributed by atoms with Gasteiger partial charge in [-0.1, -0.05) is 13.8 Å². The molecule has 1 aliphatic heterocycles. The summed E-state index contributed by atoms with van der Waals surface area (Å²) < 4.78 is 22.6. The molecule has 1 saturated heterocycles. The number of carbonyl (C=O) groups is 1. The van der Waals surface area contributed by atoms with E-state index in [4.69, 9.17) is 9.47 Å². The number of rotatable bonds is 1. The van der Waals surface area contributed by atoms with Gasteiger partial charge in [0.15, 0.2) is 5.79 Å². The maximum atomic E-state index is 11.6. The van der Waals surface area contributed by atoms with Crippen molar-refractivity contribution in [2.24, 2.45) is 5.92 Å². The van der Waals surface area contributed by atoms with Gasteiger partial charge in [-0.3, -0.25) is 4.94 Å². The lowest BCUT2D eigenvalue weighted by molar-refractivity contribution is -0.204. The Balaban J connectivity index is 0.000000606. The normalized spacial score (nSPS) is 23.7. The van der Waals surface area contributed by atoms with E-state index < -0.39 is 11.8 Å².